The van der Waals surface area contributed by atoms with Gasteiger partial charge in [0.25, 0.3) is 0 Å². The number of halogens is 2. The maximum Gasteiger partial charge on any atom is 0.310 e. The van der Waals surface area contributed by atoms with Crippen molar-refractivity contribution < 1.29 is 18.7 Å². The third-order valence-corrected chi connectivity index (χ3v) is 3.76. The summed E-state index contributed by atoms with van der Waals surface area (Å²) < 4.78 is 26.6. The third kappa shape index (κ3) is 3.35. The summed E-state index contributed by atoms with van der Waals surface area (Å²) in [5, 5.41) is 9.16. The molecule has 0 saturated heterocycles. The fourth-order valence-electron chi connectivity index (χ4n) is 1.71. The summed E-state index contributed by atoms with van der Waals surface area (Å²) in [5.41, 5.74) is 0.901. The van der Waals surface area contributed by atoms with Gasteiger partial charge in [0.05, 0.1) is 12.1 Å². The number of hydrogen-bond donors (Lipinski definition) is 1. The van der Waals surface area contributed by atoms with Gasteiger partial charge in [-0.2, -0.15) is 0 Å². The van der Waals surface area contributed by atoms with Gasteiger partial charge in [0.15, 0.2) is 0 Å². The summed E-state index contributed by atoms with van der Waals surface area (Å²) >= 11 is 1.22. The summed E-state index contributed by atoms with van der Waals surface area (Å²) in [6.07, 6.45) is 0.0594. The van der Waals surface area contributed by atoms with Crippen molar-refractivity contribution in [3.8, 4) is 0 Å². The van der Waals surface area contributed by atoms with Crippen molar-refractivity contribution in [1.82, 2.24) is 4.98 Å². The highest BCUT2D eigenvalue weighted by atomic mass is 32.1. The van der Waals surface area contributed by atoms with E-state index in [9.17, 15) is 13.6 Å². The highest BCUT2D eigenvalue weighted by Gasteiger charge is 2.13. The molecule has 0 radical (unpaired) electrons. The van der Waals surface area contributed by atoms with Crippen LogP contribution in [0, 0.1) is 18.6 Å². The van der Waals surface area contributed by atoms with E-state index in [0.29, 0.717) is 10.7 Å². The highest BCUT2D eigenvalue weighted by molar-refractivity contribution is 7.11. The fraction of sp³-hybridized carbons (Fsp3) is 0.231. The first-order valence-corrected chi connectivity index (χ1v) is 6.38. The standard InChI is InChI=1S/C13H11F2NO2S/c1-7-11(19-12(16-7)6-13(17)18)5-8-4-9(14)2-3-10(8)15/h2-4H,5-6H2,1H3,(H,17,18). The van der Waals surface area contributed by atoms with Gasteiger partial charge >= 0.3 is 5.97 Å². The molecule has 100 valence electrons. The Morgan fingerprint density at radius 3 is 2.84 bits per heavy atom. The van der Waals surface area contributed by atoms with E-state index in [2.05, 4.69) is 4.98 Å². The molecule has 1 heterocycles. The average molecular weight is 283 g/mol. The maximum atomic E-state index is 13.5. The molecule has 2 aromatic rings. The van der Waals surface area contributed by atoms with Crippen molar-refractivity contribution in [3.05, 3.63) is 51.0 Å². The number of aryl methyl sites for hydroxylation is 1. The molecule has 0 atom stereocenters. The number of aliphatic carboxylic acids is 1. The predicted molar refractivity (Wildman–Crippen MR) is 67.4 cm³/mol. The van der Waals surface area contributed by atoms with Gasteiger partial charge in [0, 0.05) is 11.3 Å². The fourth-order valence-corrected chi connectivity index (χ4v) is 2.79. The minimum absolute atomic E-state index is 0.156. The summed E-state index contributed by atoms with van der Waals surface area (Å²) in [5.74, 6) is -1.93. The van der Waals surface area contributed by atoms with Crippen LogP contribution in [0.1, 0.15) is 21.1 Å². The maximum absolute atomic E-state index is 13.5. The Bertz CT molecular complexity index is 625. The Balaban J connectivity index is 2.25. The predicted octanol–water partition coefficient (Wildman–Crippen LogP) is 2.95. The van der Waals surface area contributed by atoms with E-state index in [1.165, 1.54) is 11.3 Å². The van der Waals surface area contributed by atoms with Crippen molar-refractivity contribution >= 4 is 17.3 Å². The van der Waals surface area contributed by atoms with Crippen molar-refractivity contribution in [3.63, 3.8) is 0 Å². The lowest BCUT2D eigenvalue weighted by Gasteiger charge is -2.02. The van der Waals surface area contributed by atoms with Crippen LogP contribution in [-0.2, 0) is 17.6 Å². The number of benzene rings is 1. The van der Waals surface area contributed by atoms with Crippen LogP contribution in [0.15, 0.2) is 18.2 Å². The molecule has 0 spiro atoms. The first kappa shape index (κ1) is 13.6. The number of carboxylic acids is 1. The van der Waals surface area contributed by atoms with Crippen molar-refractivity contribution in [1.29, 1.82) is 0 Å². The third-order valence-electron chi connectivity index (χ3n) is 2.60. The van der Waals surface area contributed by atoms with Crippen LogP contribution in [-0.4, -0.2) is 16.1 Å². The van der Waals surface area contributed by atoms with E-state index in [0.717, 1.165) is 23.1 Å². The summed E-state index contributed by atoms with van der Waals surface area (Å²) in [6.45, 7) is 1.73. The number of carboxylic acid groups (broad SMARTS) is 1. The molecule has 0 aliphatic rings. The molecule has 0 saturated carbocycles. The monoisotopic (exact) mass is 283 g/mol. The second-order valence-corrected chi connectivity index (χ2v) is 5.27. The summed E-state index contributed by atoms with van der Waals surface area (Å²) in [7, 11) is 0. The van der Waals surface area contributed by atoms with E-state index >= 15 is 0 Å². The van der Waals surface area contributed by atoms with E-state index in [-0.39, 0.29) is 18.4 Å². The molecule has 3 nitrogen and oxygen atoms in total. The normalized spacial score (nSPS) is 10.7. The van der Waals surface area contributed by atoms with Gasteiger partial charge in [-0.1, -0.05) is 0 Å². The van der Waals surface area contributed by atoms with Gasteiger partial charge in [-0.15, -0.1) is 11.3 Å². The number of aromatic nitrogens is 1. The zero-order chi connectivity index (χ0) is 14.0. The Morgan fingerprint density at radius 2 is 2.16 bits per heavy atom. The molecule has 0 aliphatic carbocycles. The van der Waals surface area contributed by atoms with Gasteiger partial charge in [-0.25, -0.2) is 13.8 Å². The van der Waals surface area contributed by atoms with Crippen LogP contribution < -0.4 is 0 Å². The smallest absolute Gasteiger partial charge is 0.310 e. The first-order valence-electron chi connectivity index (χ1n) is 5.56. The van der Waals surface area contributed by atoms with E-state index < -0.39 is 17.6 Å². The molecule has 0 aliphatic heterocycles. The molecular formula is C13H11F2NO2S. The Morgan fingerprint density at radius 1 is 1.42 bits per heavy atom. The lowest BCUT2D eigenvalue weighted by Crippen LogP contribution is -1.98. The topological polar surface area (TPSA) is 50.2 Å². The van der Waals surface area contributed by atoms with Gasteiger partial charge in [0.1, 0.15) is 16.6 Å². The number of thiazole rings is 1. The van der Waals surface area contributed by atoms with Gasteiger partial charge in [-0.05, 0) is 30.7 Å². The van der Waals surface area contributed by atoms with Crippen molar-refractivity contribution in [2.75, 3.05) is 0 Å². The van der Waals surface area contributed by atoms with Crippen LogP contribution >= 0.6 is 11.3 Å². The molecule has 0 unspecified atom stereocenters. The first-order chi connectivity index (χ1) is 8.95. The van der Waals surface area contributed by atoms with Crippen LogP contribution in [0.4, 0.5) is 8.78 Å². The largest absolute Gasteiger partial charge is 0.481 e. The molecule has 0 amide bonds. The lowest BCUT2D eigenvalue weighted by molar-refractivity contribution is -0.136. The van der Waals surface area contributed by atoms with Gasteiger partial charge in [0.2, 0.25) is 0 Å². The summed E-state index contributed by atoms with van der Waals surface area (Å²) in [4.78, 5) is 15.5. The molecule has 1 N–H and O–H groups in total. The second kappa shape index (κ2) is 5.44. The zero-order valence-electron chi connectivity index (χ0n) is 10.1. The number of carbonyl (C=O) groups is 1. The molecule has 19 heavy (non-hydrogen) atoms. The number of rotatable bonds is 4. The molecule has 0 bridgehead atoms. The van der Waals surface area contributed by atoms with Gasteiger partial charge in [-0.3, -0.25) is 4.79 Å². The highest BCUT2D eigenvalue weighted by Crippen LogP contribution is 2.23. The van der Waals surface area contributed by atoms with E-state index in [4.69, 9.17) is 5.11 Å². The van der Waals surface area contributed by atoms with Crippen LogP contribution in [0.2, 0.25) is 0 Å². The lowest BCUT2D eigenvalue weighted by atomic mass is 10.1. The Kier molecular flexibility index (Phi) is 3.90. The molecular weight excluding hydrogens is 272 g/mol. The SMILES string of the molecule is Cc1nc(CC(=O)O)sc1Cc1cc(F)ccc1F. The average Bonchev–Trinajstić information content (AvgIpc) is 2.63. The zero-order valence-corrected chi connectivity index (χ0v) is 10.9. The molecule has 2 rings (SSSR count). The van der Waals surface area contributed by atoms with Crippen molar-refractivity contribution in [2.45, 2.75) is 19.8 Å². The van der Waals surface area contributed by atoms with E-state index in [1.54, 1.807) is 6.92 Å². The quantitative estimate of drug-likeness (QED) is 0.938. The van der Waals surface area contributed by atoms with Crippen LogP contribution in [0.5, 0.6) is 0 Å². The second-order valence-electron chi connectivity index (χ2n) is 4.10. The molecule has 6 heteroatoms. The van der Waals surface area contributed by atoms with Gasteiger partial charge < -0.3 is 5.11 Å². The minimum atomic E-state index is -0.961. The van der Waals surface area contributed by atoms with E-state index in [1.807, 2.05) is 0 Å². The minimum Gasteiger partial charge on any atom is -0.481 e. The summed E-state index contributed by atoms with van der Waals surface area (Å²) in [6, 6.07) is 3.29. The van der Waals surface area contributed by atoms with Crippen molar-refractivity contribution in [2.24, 2.45) is 0 Å². The number of nitrogens with zero attached hydrogens (tertiary/aromatic N) is 1. The Labute approximate surface area is 112 Å². The Hall–Kier alpha value is -1.82. The molecule has 0 fully saturated rings. The number of hydrogen-bond acceptors (Lipinski definition) is 3. The van der Waals surface area contributed by atoms with Crippen LogP contribution in [0.25, 0.3) is 0 Å². The van der Waals surface area contributed by atoms with Crippen LogP contribution in [0.3, 0.4) is 0 Å². The molecule has 1 aromatic heterocycles. The molecule has 1 aromatic carbocycles.